The van der Waals surface area contributed by atoms with E-state index < -0.39 is 17.5 Å². The standard InChI is InChI=1S/C16H16F3NO/c1-10(14-6-5-13(21-2)8-16(14)19)20-9-11-3-4-12(17)7-15(11)18/h3-8,10,20H,9H2,1-2H3. The molecule has 0 fully saturated rings. The second-order valence-electron chi connectivity index (χ2n) is 4.73. The molecule has 0 bridgehead atoms. The normalized spacial score (nSPS) is 12.2. The van der Waals surface area contributed by atoms with Crippen LogP contribution in [0.3, 0.4) is 0 Å². The van der Waals surface area contributed by atoms with E-state index in [0.717, 1.165) is 6.07 Å². The van der Waals surface area contributed by atoms with Gasteiger partial charge in [-0.1, -0.05) is 12.1 Å². The Kier molecular flexibility index (Phi) is 4.85. The number of methoxy groups -OCH3 is 1. The minimum atomic E-state index is -0.620. The average molecular weight is 295 g/mol. The molecule has 0 saturated heterocycles. The van der Waals surface area contributed by atoms with Gasteiger partial charge in [0.1, 0.15) is 23.2 Å². The molecule has 0 amide bonds. The van der Waals surface area contributed by atoms with Crippen LogP contribution in [0, 0.1) is 17.5 Å². The topological polar surface area (TPSA) is 21.3 Å². The largest absolute Gasteiger partial charge is 0.497 e. The van der Waals surface area contributed by atoms with Crippen LogP contribution in [0.5, 0.6) is 5.75 Å². The quantitative estimate of drug-likeness (QED) is 0.901. The van der Waals surface area contributed by atoms with Gasteiger partial charge < -0.3 is 10.1 Å². The average Bonchev–Trinajstić information content (AvgIpc) is 2.45. The molecule has 1 atom stereocenters. The van der Waals surface area contributed by atoms with Gasteiger partial charge in [0.25, 0.3) is 0 Å². The second-order valence-corrected chi connectivity index (χ2v) is 4.73. The predicted molar refractivity (Wildman–Crippen MR) is 74.6 cm³/mol. The fraction of sp³-hybridized carbons (Fsp3) is 0.250. The molecule has 0 aromatic heterocycles. The lowest BCUT2D eigenvalue weighted by atomic mass is 10.1. The SMILES string of the molecule is COc1ccc(C(C)NCc2ccc(F)cc2F)c(F)c1. The molecule has 0 spiro atoms. The molecule has 2 aromatic rings. The number of nitrogens with one attached hydrogen (secondary N) is 1. The molecule has 1 unspecified atom stereocenters. The van der Waals surface area contributed by atoms with Crippen molar-refractivity contribution in [3.05, 3.63) is 65.0 Å². The molecular formula is C16H16F3NO. The highest BCUT2D eigenvalue weighted by atomic mass is 19.1. The van der Waals surface area contributed by atoms with Crippen LogP contribution in [0.1, 0.15) is 24.1 Å². The number of benzene rings is 2. The van der Waals surface area contributed by atoms with Crippen LogP contribution in [0.4, 0.5) is 13.2 Å². The number of hydrogen-bond donors (Lipinski definition) is 1. The summed E-state index contributed by atoms with van der Waals surface area (Å²) in [6, 6.07) is 7.65. The lowest BCUT2D eigenvalue weighted by molar-refractivity contribution is 0.409. The van der Waals surface area contributed by atoms with E-state index in [0.29, 0.717) is 16.9 Å². The molecule has 2 nitrogen and oxygen atoms in total. The Morgan fingerprint density at radius 2 is 1.81 bits per heavy atom. The fourth-order valence-corrected chi connectivity index (χ4v) is 2.02. The van der Waals surface area contributed by atoms with Crippen LogP contribution in [-0.4, -0.2) is 7.11 Å². The van der Waals surface area contributed by atoms with Crippen molar-refractivity contribution in [3.8, 4) is 5.75 Å². The van der Waals surface area contributed by atoms with E-state index in [1.807, 2.05) is 0 Å². The van der Waals surface area contributed by atoms with E-state index in [1.165, 1.54) is 25.3 Å². The molecule has 1 N–H and O–H groups in total. The van der Waals surface area contributed by atoms with Crippen LogP contribution >= 0.6 is 0 Å². The molecule has 21 heavy (non-hydrogen) atoms. The monoisotopic (exact) mass is 295 g/mol. The zero-order valence-electron chi connectivity index (χ0n) is 11.8. The zero-order chi connectivity index (χ0) is 15.4. The van der Waals surface area contributed by atoms with Gasteiger partial charge in [-0.3, -0.25) is 0 Å². The van der Waals surface area contributed by atoms with Crippen molar-refractivity contribution in [2.24, 2.45) is 0 Å². The minimum absolute atomic E-state index is 0.179. The molecule has 0 aliphatic carbocycles. The zero-order valence-corrected chi connectivity index (χ0v) is 11.8. The molecule has 0 aliphatic heterocycles. The van der Waals surface area contributed by atoms with E-state index in [-0.39, 0.29) is 12.6 Å². The molecule has 2 aromatic carbocycles. The van der Waals surface area contributed by atoms with Crippen molar-refractivity contribution >= 4 is 0 Å². The molecule has 0 radical (unpaired) electrons. The Balaban J connectivity index is 2.06. The highest BCUT2D eigenvalue weighted by Gasteiger charge is 2.12. The van der Waals surface area contributed by atoms with E-state index in [2.05, 4.69) is 5.32 Å². The van der Waals surface area contributed by atoms with Gasteiger partial charge in [0, 0.05) is 35.8 Å². The summed E-state index contributed by atoms with van der Waals surface area (Å²) in [6.07, 6.45) is 0. The molecular weight excluding hydrogens is 279 g/mol. The van der Waals surface area contributed by atoms with Gasteiger partial charge in [0.15, 0.2) is 0 Å². The van der Waals surface area contributed by atoms with Gasteiger partial charge in [-0.25, -0.2) is 13.2 Å². The van der Waals surface area contributed by atoms with E-state index in [1.54, 1.807) is 19.1 Å². The van der Waals surface area contributed by atoms with Crippen LogP contribution < -0.4 is 10.1 Å². The lowest BCUT2D eigenvalue weighted by Gasteiger charge is -2.16. The third kappa shape index (κ3) is 3.76. The fourth-order valence-electron chi connectivity index (χ4n) is 2.02. The molecule has 0 saturated carbocycles. The summed E-state index contributed by atoms with van der Waals surface area (Å²) in [5, 5.41) is 3.01. The summed E-state index contributed by atoms with van der Waals surface area (Å²) < 4.78 is 45.2. The molecule has 0 aliphatic rings. The predicted octanol–water partition coefficient (Wildman–Crippen LogP) is 3.96. The first-order chi connectivity index (χ1) is 10.0. The Hall–Kier alpha value is -2.01. The van der Waals surface area contributed by atoms with Crippen LogP contribution in [0.2, 0.25) is 0 Å². The van der Waals surface area contributed by atoms with Crippen LogP contribution in [0.25, 0.3) is 0 Å². The maximum absolute atomic E-state index is 13.9. The molecule has 5 heteroatoms. The van der Waals surface area contributed by atoms with Crippen LogP contribution in [-0.2, 0) is 6.54 Å². The summed E-state index contributed by atoms with van der Waals surface area (Å²) in [4.78, 5) is 0. The minimum Gasteiger partial charge on any atom is -0.497 e. The highest BCUT2D eigenvalue weighted by molar-refractivity contribution is 5.30. The summed E-state index contributed by atoms with van der Waals surface area (Å²) in [6.45, 7) is 1.95. The van der Waals surface area contributed by atoms with Crippen molar-refractivity contribution in [3.63, 3.8) is 0 Å². The molecule has 2 rings (SSSR count). The van der Waals surface area contributed by atoms with Crippen molar-refractivity contribution in [2.75, 3.05) is 7.11 Å². The van der Waals surface area contributed by atoms with Gasteiger partial charge in [-0.15, -0.1) is 0 Å². The van der Waals surface area contributed by atoms with E-state index >= 15 is 0 Å². The van der Waals surface area contributed by atoms with Crippen molar-refractivity contribution in [2.45, 2.75) is 19.5 Å². The first-order valence-electron chi connectivity index (χ1n) is 6.52. The summed E-state index contributed by atoms with van der Waals surface area (Å²) in [7, 11) is 1.47. The van der Waals surface area contributed by atoms with Gasteiger partial charge >= 0.3 is 0 Å². The number of ether oxygens (including phenoxy) is 1. The Bertz CT molecular complexity index is 631. The maximum Gasteiger partial charge on any atom is 0.131 e. The lowest BCUT2D eigenvalue weighted by Crippen LogP contribution is -2.19. The Morgan fingerprint density at radius 3 is 2.43 bits per heavy atom. The van der Waals surface area contributed by atoms with Gasteiger partial charge in [-0.05, 0) is 19.1 Å². The first kappa shape index (κ1) is 15.4. The summed E-state index contributed by atoms with van der Waals surface area (Å²) in [5.74, 6) is -1.20. The third-order valence-electron chi connectivity index (χ3n) is 3.29. The van der Waals surface area contributed by atoms with Gasteiger partial charge in [0.2, 0.25) is 0 Å². The van der Waals surface area contributed by atoms with Gasteiger partial charge in [-0.2, -0.15) is 0 Å². The highest BCUT2D eigenvalue weighted by Crippen LogP contribution is 2.22. The third-order valence-corrected chi connectivity index (χ3v) is 3.29. The molecule has 112 valence electrons. The number of halogens is 3. The van der Waals surface area contributed by atoms with E-state index in [9.17, 15) is 13.2 Å². The van der Waals surface area contributed by atoms with Gasteiger partial charge in [0.05, 0.1) is 7.11 Å². The summed E-state index contributed by atoms with van der Waals surface area (Å²) in [5.41, 5.74) is 0.787. The van der Waals surface area contributed by atoms with E-state index in [4.69, 9.17) is 4.74 Å². The van der Waals surface area contributed by atoms with Crippen molar-refractivity contribution in [1.82, 2.24) is 5.32 Å². The van der Waals surface area contributed by atoms with Crippen molar-refractivity contribution in [1.29, 1.82) is 0 Å². The smallest absolute Gasteiger partial charge is 0.131 e. The number of rotatable bonds is 5. The van der Waals surface area contributed by atoms with Crippen molar-refractivity contribution < 1.29 is 17.9 Å². The second kappa shape index (κ2) is 6.63. The Morgan fingerprint density at radius 1 is 1.05 bits per heavy atom. The maximum atomic E-state index is 13.9. The summed E-state index contributed by atoms with van der Waals surface area (Å²) >= 11 is 0. The first-order valence-corrected chi connectivity index (χ1v) is 6.52. The number of hydrogen-bond acceptors (Lipinski definition) is 2. The van der Waals surface area contributed by atoms with Crippen LogP contribution in [0.15, 0.2) is 36.4 Å². The molecule has 0 heterocycles. The Labute approximate surface area is 121 Å².